The van der Waals surface area contributed by atoms with E-state index >= 15 is 0 Å². The average Bonchev–Trinajstić information content (AvgIpc) is 2.79. The molecule has 0 bridgehead atoms. The van der Waals surface area contributed by atoms with Crippen molar-refractivity contribution in [1.82, 2.24) is 0 Å². The summed E-state index contributed by atoms with van der Waals surface area (Å²) in [7, 11) is -4.67. The van der Waals surface area contributed by atoms with Gasteiger partial charge in [-0.15, -0.1) is 0 Å². The van der Waals surface area contributed by atoms with Crippen LogP contribution in [0.1, 0.15) is 20.3 Å². The van der Waals surface area contributed by atoms with Crippen molar-refractivity contribution in [2.75, 3.05) is 13.2 Å². The summed E-state index contributed by atoms with van der Waals surface area (Å²) in [5, 5.41) is 50.7. The molecule has 0 amide bonds. The van der Waals surface area contributed by atoms with Gasteiger partial charge in [-0.05, 0) is 12.8 Å². The number of rotatable bonds is 6. The molecule has 2 heterocycles. The van der Waals surface area contributed by atoms with Crippen molar-refractivity contribution in [3.63, 3.8) is 0 Å². The van der Waals surface area contributed by atoms with E-state index in [9.17, 15) is 25.5 Å². The highest BCUT2D eigenvalue weighted by molar-refractivity contribution is 7.79. The van der Waals surface area contributed by atoms with Gasteiger partial charge in [-0.25, -0.2) is 0 Å². The van der Waals surface area contributed by atoms with Crippen molar-refractivity contribution in [3.05, 3.63) is 0 Å². The van der Waals surface area contributed by atoms with Crippen LogP contribution in [-0.2, 0) is 29.3 Å². The zero-order chi connectivity index (χ0) is 28.2. The summed E-state index contributed by atoms with van der Waals surface area (Å²) in [6.45, 7) is -0.499. The second-order valence-corrected chi connectivity index (χ2v) is 10.1. The third-order valence-electron chi connectivity index (χ3n) is 6.41. The van der Waals surface area contributed by atoms with Crippen LogP contribution in [0.4, 0.5) is 0 Å². The molecule has 228 valence electrons. The summed E-state index contributed by atoms with van der Waals surface area (Å²) in [6, 6.07) is -3.27. The van der Waals surface area contributed by atoms with E-state index in [2.05, 4.69) is 0 Å². The highest BCUT2D eigenvalue weighted by Gasteiger charge is 2.50. The highest BCUT2D eigenvalue weighted by Crippen LogP contribution is 2.30. The van der Waals surface area contributed by atoms with Crippen LogP contribution in [0.2, 0.25) is 0 Å². The zero-order valence-corrected chi connectivity index (χ0v) is 20.6. The minimum atomic E-state index is -4.67. The van der Waals surface area contributed by atoms with E-state index in [0.29, 0.717) is 0 Å². The first-order chi connectivity index (χ1) is 17.1. The van der Waals surface area contributed by atoms with Gasteiger partial charge in [0.2, 0.25) is 0 Å². The lowest BCUT2D eigenvalue weighted by atomic mass is 9.84. The molecule has 17 N–H and O–H groups in total. The Morgan fingerprint density at radius 3 is 1.71 bits per heavy atom. The maximum absolute atomic E-state index is 11.0. The second-order valence-electron chi connectivity index (χ2n) is 9.23. The number of hydrogen-bond donors (Lipinski definition) is 12. The Morgan fingerprint density at radius 1 is 0.763 bits per heavy atom. The largest absolute Gasteiger partial charge is 0.394 e. The van der Waals surface area contributed by atoms with E-state index in [0.717, 1.165) is 0 Å². The van der Waals surface area contributed by atoms with Crippen molar-refractivity contribution >= 4 is 10.4 Å². The number of aliphatic hydroxyl groups excluding tert-OH is 5. The van der Waals surface area contributed by atoms with Gasteiger partial charge >= 0.3 is 10.4 Å². The molecule has 0 aromatic rings. The molecule has 3 aliphatic rings. The molecule has 0 aromatic carbocycles. The van der Waals surface area contributed by atoms with E-state index in [-0.39, 0.29) is 26.8 Å². The highest BCUT2D eigenvalue weighted by atomic mass is 32.3. The lowest BCUT2D eigenvalue weighted by Gasteiger charge is -2.47. The minimum Gasteiger partial charge on any atom is -0.394 e. The lowest BCUT2D eigenvalue weighted by molar-refractivity contribution is -0.314. The molecular weight excluding hydrogens is 538 g/mol. The predicted octanol–water partition coefficient (Wildman–Crippen LogP) is -6.31. The molecule has 0 spiro atoms. The van der Waals surface area contributed by atoms with Gasteiger partial charge in [0.05, 0.1) is 30.9 Å². The maximum atomic E-state index is 11.0. The van der Waals surface area contributed by atoms with Crippen LogP contribution >= 0.6 is 0 Å². The lowest BCUT2D eigenvalue weighted by Crippen LogP contribution is -2.68. The molecule has 0 radical (unpaired) electrons. The summed E-state index contributed by atoms with van der Waals surface area (Å²) < 4.78 is 54.3. The molecule has 2 aliphatic heterocycles. The van der Waals surface area contributed by atoms with Crippen LogP contribution in [0, 0.1) is 0 Å². The summed E-state index contributed by atoms with van der Waals surface area (Å²) in [4.78, 5) is 0. The van der Waals surface area contributed by atoms with Gasteiger partial charge in [0, 0.05) is 18.6 Å². The quantitative estimate of drug-likeness (QED) is 0.130. The standard InChI is InChI=1S/C18H37N5O9.CH4.H2O4S/c19-3-9-8(25)2-7(22)17(29-9)31-15-5(20)1-6(21)16(14(15)28)32-18-13(27)11(23)12(26)10(4-24)30-18;;1-5(2,3)4/h5-18,24-28H,1-4,19-23H2;1H4;(H2,1,2,3,4)/t5-,6+,7+,8-,9+,10+,11-,12+,13+,14-,15+,16-,17+,18+;;/m0../s1. The van der Waals surface area contributed by atoms with E-state index < -0.39 is 103 Å². The van der Waals surface area contributed by atoms with Crippen molar-refractivity contribution in [2.24, 2.45) is 28.7 Å². The van der Waals surface area contributed by atoms with E-state index in [1.165, 1.54) is 0 Å². The molecule has 14 atom stereocenters. The third kappa shape index (κ3) is 9.17. The van der Waals surface area contributed by atoms with E-state index in [4.69, 9.17) is 65.1 Å². The molecule has 3 rings (SSSR count). The van der Waals surface area contributed by atoms with Gasteiger partial charge in [0.25, 0.3) is 0 Å². The van der Waals surface area contributed by atoms with Crippen LogP contribution in [-0.4, -0.2) is 142 Å². The van der Waals surface area contributed by atoms with Crippen molar-refractivity contribution in [3.8, 4) is 0 Å². The summed E-state index contributed by atoms with van der Waals surface area (Å²) >= 11 is 0. The Morgan fingerprint density at radius 2 is 1.24 bits per heavy atom. The van der Waals surface area contributed by atoms with Crippen molar-refractivity contribution in [1.29, 1.82) is 0 Å². The Labute approximate surface area is 220 Å². The number of ether oxygens (including phenoxy) is 4. The van der Waals surface area contributed by atoms with Crippen LogP contribution in [0.3, 0.4) is 0 Å². The SMILES string of the molecule is C.NC[C@H]1O[C@H](O[C@H]2[C@H](O)[C@@H](O[C@H]3O[C@H](CO)[C@@H](O)[C@H](N)[C@H]3O)[C@H](N)C[C@@H]2N)[C@H](N)C[C@@H]1O.O=S(=O)(O)O. The molecule has 3 fully saturated rings. The molecule has 0 unspecified atom stereocenters. The summed E-state index contributed by atoms with van der Waals surface area (Å²) in [5.74, 6) is 0. The second kappa shape index (κ2) is 14.8. The first kappa shape index (κ1) is 35.3. The van der Waals surface area contributed by atoms with Gasteiger partial charge in [0.15, 0.2) is 12.6 Å². The van der Waals surface area contributed by atoms with Crippen LogP contribution in [0.15, 0.2) is 0 Å². The summed E-state index contributed by atoms with van der Waals surface area (Å²) in [6.07, 6.45) is -10.8. The normalized spacial score (nSPS) is 45.9. The van der Waals surface area contributed by atoms with Gasteiger partial charge in [0.1, 0.15) is 36.6 Å². The number of aliphatic hydroxyl groups is 5. The molecule has 0 aromatic heterocycles. The average molecular weight is 582 g/mol. The van der Waals surface area contributed by atoms with Crippen LogP contribution in [0.25, 0.3) is 0 Å². The Balaban J connectivity index is 0.00000110. The predicted molar refractivity (Wildman–Crippen MR) is 129 cm³/mol. The summed E-state index contributed by atoms with van der Waals surface area (Å²) in [5.41, 5.74) is 29.8. The maximum Gasteiger partial charge on any atom is 0.394 e. The van der Waals surface area contributed by atoms with E-state index in [1.807, 2.05) is 0 Å². The topological polar surface area (TPSA) is 343 Å². The van der Waals surface area contributed by atoms with Gasteiger partial charge in [-0.2, -0.15) is 8.42 Å². The van der Waals surface area contributed by atoms with Gasteiger partial charge < -0.3 is 73.1 Å². The third-order valence-corrected chi connectivity index (χ3v) is 6.41. The fourth-order valence-corrected chi connectivity index (χ4v) is 4.43. The molecule has 38 heavy (non-hydrogen) atoms. The fraction of sp³-hybridized carbons (Fsp3) is 1.00. The Bertz CT molecular complexity index is 806. The zero-order valence-electron chi connectivity index (χ0n) is 19.8. The fourth-order valence-electron chi connectivity index (χ4n) is 4.43. The molecular formula is C19H43N5O13S. The molecule has 19 heteroatoms. The van der Waals surface area contributed by atoms with Crippen molar-refractivity contribution < 1.29 is 62.0 Å². The first-order valence-corrected chi connectivity index (χ1v) is 12.9. The Hall–Kier alpha value is -0.690. The van der Waals surface area contributed by atoms with Crippen molar-refractivity contribution in [2.45, 2.75) is 106 Å². The number of hydrogen-bond acceptors (Lipinski definition) is 16. The molecule has 1 aliphatic carbocycles. The molecule has 2 saturated heterocycles. The monoisotopic (exact) mass is 581 g/mol. The first-order valence-electron chi connectivity index (χ1n) is 11.5. The van der Waals surface area contributed by atoms with E-state index in [1.54, 1.807) is 0 Å². The molecule has 18 nitrogen and oxygen atoms in total. The van der Waals surface area contributed by atoms with Gasteiger partial charge in [-0.1, -0.05) is 7.43 Å². The van der Waals surface area contributed by atoms with Gasteiger partial charge in [-0.3, -0.25) is 9.11 Å². The van der Waals surface area contributed by atoms with Crippen LogP contribution < -0.4 is 28.7 Å². The molecule has 1 saturated carbocycles. The van der Waals surface area contributed by atoms with Crippen LogP contribution in [0.5, 0.6) is 0 Å². The minimum absolute atomic E-state index is 0. The number of nitrogens with two attached hydrogens (primary N) is 5. The Kier molecular flexibility index (Phi) is 13.8. The smallest absolute Gasteiger partial charge is 0.394 e.